The van der Waals surface area contributed by atoms with Crippen molar-refractivity contribution in [3.05, 3.63) is 66.1 Å². The van der Waals surface area contributed by atoms with Gasteiger partial charge in [-0.2, -0.15) is 9.61 Å². The van der Waals surface area contributed by atoms with E-state index in [-0.39, 0.29) is 35.8 Å². The van der Waals surface area contributed by atoms with Gasteiger partial charge in [-0.1, -0.05) is 36.4 Å². The van der Waals surface area contributed by atoms with Crippen LogP contribution in [-0.2, 0) is 9.53 Å². The summed E-state index contributed by atoms with van der Waals surface area (Å²) in [5, 5.41) is 7.42. The molecule has 5 heterocycles. The number of piperidine rings is 1. The molecular formula is C33H36N6O4. The summed E-state index contributed by atoms with van der Waals surface area (Å²) >= 11 is 0. The maximum atomic E-state index is 13.2. The number of carbonyl (C=O) groups excluding carboxylic acids is 3. The molecule has 2 amide bonds. The van der Waals surface area contributed by atoms with Gasteiger partial charge >= 0.3 is 6.09 Å². The van der Waals surface area contributed by atoms with Crippen LogP contribution in [0.25, 0.3) is 28.0 Å². The number of ketones is 1. The minimum absolute atomic E-state index is 0.0141. The second-order valence-corrected chi connectivity index (χ2v) is 12.5. The number of pyridine rings is 1. The van der Waals surface area contributed by atoms with Crippen molar-refractivity contribution >= 4 is 29.2 Å². The van der Waals surface area contributed by atoms with Crippen molar-refractivity contribution in [2.24, 2.45) is 0 Å². The molecule has 43 heavy (non-hydrogen) atoms. The van der Waals surface area contributed by atoms with E-state index in [1.165, 1.54) is 18.4 Å². The lowest BCUT2D eigenvalue weighted by molar-refractivity contribution is -0.114. The predicted octanol–water partition coefficient (Wildman–Crippen LogP) is 6.26. The van der Waals surface area contributed by atoms with Crippen molar-refractivity contribution in [2.75, 3.05) is 5.32 Å². The first-order valence-electron chi connectivity index (χ1n) is 14.7. The second-order valence-electron chi connectivity index (χ2n) is 12.5. The van der Waals surface area contributed by atoms with Gasteiger partial charge < -0.3 is 15.0 Å². The standard InChI is InChI=1S/C33H36N6O4/c1-19(40)28-29(23-15-24-12-13-25(16-23)38(24)32(42)43-33(3,4)5)37-30-26(18-35-39(30)31(28)36-20(2)41)22-11-14-27(34-17-22)21-9-7-6-8-10-21/h6-11,14,17-18,23-25H,12-13,15-16H2,1-5H3,(H,36,41)/t23?,24-,25+. The summed E-state index contributed by atoms with van der Waals surface area (Å²) in [4.78, 5) is 50.3. The molecule has 0 saturated carbocycles. The lowest BCUT2D eigenvalue weighted by atomic mass is 9.85. The summed E-state index contributed by atoms with van der Waals surface area (Å²) in [7, 11) is 0. The van der Waals surface area contributed by atoms with Gasteiger partial charge in [0.25, 0.3) is 0 Å². The van der Waals surface area contributed by atoms with Crippen LogP contribution in [0.5, 0.6) is 0 Å². The van der Waals surface area contributed by atoms with E-state index < -0.39 is 5.60 Å². The van der Waals surface area contributed by atoms with E-state index in [0.29, 0.717) is 35.6 Å². The van der Waals surface area contributed by atoms with E-state index >= 15 is 0 Å². The molecule has 2 saturated heterocycles. The Morgan fingerprint density at radius 1 is 0.930 bits per heavy atom. The van der Waals surface area contributed by atoms with Crippen LogP contribution < -0.4 is 5.32 Å². The number of carbonyl (C=O) groups is 3. The van der Waals surface area contributed by atoms with Crippen LogP contribution in [0.2, 0.25) is 0 Å². The van der Waals surface area contributed by atoms with Gasteiger partial charge in [-0.25, -0.2) is 9.78 Å². The Hall–Kier alpha value is -4.60. The molecule has 2 fully saturated rings. The van der Waals surface area contributed by atoms with Crippen LogP contribution in [0, 0.1) is 0 Å². The average molecular weight is 581 g/mol. The Balaban J connectivity index is 1.42. The zero-order valence-corrected chi connectivity index (χ0v) is 25.1. The number of rotatable bonds is 5. The molecule has 4 aromatic rings. The zero-order chi connectivity index (χ0) is 30.5. The second kappa shape index (κ2) is 10.9. The Labute approximate surface area is 250 Å². The number of fused-ring (bicyclic) bond motifs is 3. The van der Waals surface area contributed by atoms with Gasteiger partial charge in [-0.05, 0) is 59.4 Å². The van der Waals surface area contributed by atoms with E-state index in [1.807, 2.05) is 68.1 Å². The van der Waals surface area contributed by atoms with Crippen molar-refractivity contribution < 1.29 is 19.1 Å². The van der Waals surface area contributed by atoms with E-state index in [1.54, 1.807) is 12.4 Å². The lowest BCUT2D eigenvalue weighted by Crippen LogP contribution is -2.48. The van der Waals surface area contributed by atoms with Crippen LogP contribution in [0.15, 0.2) is 54.9 Å². The normalized spacial score (nSPS) is 19.8. The maximum absolute atomic E-state index is 13.2. The SMILES string of the molecule is CC(=O)Nc1c(C(C)=O)c(C2C[C@H]3CC[C@@H](C2)N3C(=O)OC(C)(C)C)nc2c(-c3ccc(-c4ccccc4)nc3)cnn12. The highest BCUT2D eigenvalue weighted by Crippen LogP contribution is 2.45. The number of hydrogen-bond donors (Lipinski definition) is 1. The van der Waals surface area contributed by atoms with Crippen molar-refractivity contribution in [2.45, 2.75) is 83.9 Å². The number of nitrogens with zero attached hydrogens (tertiary/aromatic N) is 5. The molecule has 10 nitrogen and oxygen atoms in total. The van der Waals surface area contributed by atoms with E-state index in [2.05, 4.69) is 15.4 Å². The van der Waals surface area contributed by atoms with Gasteiger partial charge in [0.05, 0.1) is 23.1 Å². The van der Waals surface area contributed by atoms with Gasteiger partial charge in [-0.3, -0.25) is 14.6 Å². The molecule has 6 rings (SSSR count). The first kappa shape index (κ1) is 28.5. The third kappa shape index (κ3) is 5.49. The molecule has 10 heteroatoms. The van der Waals surface area contributed by atoms with Gasteiger partial charge in [0.15, 0.2) is 11.4 Å². The average Bonchev–Trinajstić information content (AvgIpc) is 3.50. The number of benzene rings is 1. The molecule has 2 bridgehead atoms. The van der Waals surface area contributed by atoms with E-state index in [4.69, 9.17) is 9.72 Å². The Morgan fingerprint density at radius 3 is 2.21 bits per heavy atom. The number of aromatic nitrogens is 4. The molecule has 2 aliphatic heterocycles. The molecule has 1 N–H and O–H groups in total. The summed E-state index contributed by atoms with van der Waals surface area (Å²) < 4.78 is 7.26. The Morgan fingerprint density at radius 2 is 1.63 bits per heavy atom. The van der Waals surface area contributed by atoms with Crippen molar-refractivity contribution in [1.29, 1.82) is 0 Å². The summed E-state index contributed by atoms with van der Waals surface area (Å²) in [6, 6.07) is 13.8. The van der Waals surface area contributed by atoms with Crippen molar-refractivity contribution in [3.8, 4) is 22.4 Å². The number of ether oxygens (including phenoxy) is 1. The molecule has 0 radical (unpaired) electrons. The minimum Gasteiger partial charge on any atom is -0.444 e. The zero-order valence-electron chi connectivity index (χ0n) is 25.1. The van der Waals surface area contributed by atoms with Crippen LogP contribution in [-0.4, -0.2) is 60.0 Å². The Kier molecular flexibility index (Phi) is 7.23. The first-order chi connectivity index (χ1) is 20.5. The third-order valence-electron chi connectivity index (χ3n) is 8.19. The molecule has 3 aromatic heterocycles. The highest BCUT2D eigenvalue weighted by atomic mass is 16.6. The van der Waals surface area contributed by atoms with Gasteiger partial charge in [-0.15, -0.1) is 0 Å². The molecule has 1 unspecified atom stereocenters. The fourth-order valence-electron chi connectivity index (χ4n) is 6.48. The summed E-state index contributed by atoms with van der Waals surface area (Å²) in [5.41, 5.74) is 4.34. The molecule has 222 valence electrons. The number of anilines is 1. The fraction of sp³-hybridized carbons (Fsp3) is 0.394. The summed E-state index contributed by atoms with van der Waals surface area (Å²) in [6.45, 7) is 8.50. The maximum Gasteiger partial charge on any atom is 0.410 e. The van der Waals surface area contributed by atoms with Crippen LogP contribution >= 0.6 is 0 Å². The first-order valence-corrected chi connectivity index (χ1v) is 14.7. The topological polar surface area (TPSA) is 119 Å². The number of amides is 2. The van der Waals surface area contributed by atoms with E-state index in [9.17, 15) is 14.4 Å². The highest BCUT2D eigenvalue weighted by molar-refractivity contribution is 6.04. The molecule has 1 aromatic carbocycles. The quantitative estimate of drug-likeness (QED) is 0.277. The molecule has 2 aliphatic rings. The van der Waals surface area contributed by atoms with Crippen LogP contribution in [0.4, 0.5) is 10.6 Å². The predicted molar refractivity (Wildman–Crippen MR) is 163 cm³/mol. The summed E-state index contributed by atoms with van der Waals surface area (Å²) in [6.07, 6.45) is 6.22. The van der Waals surface area contributed by atoms with Crippen LogP contribution in [0.3, 0.4) is 0 Å². The number of nitrogens with one attached hydrogen (secondary N) is 1. The molecular weight excluding hydrogens is 544 g/mol. The van der Waals surface area contributed by atoms with Gasteiger partial charge in [0.1, 0.15) is 11.4 Å². The third-order valence-corrected chi connectivity index (χ3v) is 8.19. The monoisotopic (exact) mass is 580 g/mol. The van der Waals surface area contributed by atoms with Gasteiger partial charge in [0.2, 0.25) is 5.91 Å². The Bertz CT molecular complexity index is 1690. The van der Waals surface area contributed by atoms with Gasteiger partial charge in [0, 0.05) is 47.8 Å². The number of hydrogen-bond acceptors (Lipinski definition) is 7. The van der Waals surface area contributed by atoms with E-state index in [0.717, 1.165) is 35.2 Å². The molecule has 0 aliphatic carbocycles. The van der Waals surface area contributed by atoms with Crippen molar-refractivity contribution in [1.82, 2.24) is 24.5 Å². The largest absolute Gasteiger partial charge is 0.444 e. The fourth-order valence-corrected chi connectivity index (χ4v) is 6.48. The lowest BCUT2D eigenvalue weighted by Gasteiger charge is -2.39. The van der Waals surface area contributed by atoms with Crippen molar-refractivity contribution in [3.63, 3.8) is 0 Å². The minimum atomic E-state index is -0.582. The molecule has 0 spiro atoms. The number of Topliss-reactive ketones (excluding diaryl/α,β-unsaturated/α-hetero) is 1. The highest BCUT2D eigenvalue weighted by Gasteiger charge is 2.46. The van der Waals surface area contributed by atoms with Crippen LogP contribution in [0.1, 0.15) is 82.3 Å². The smallest absolute Gasteiger partial charge is 0.410 e. The molecule has 3 atom stereocenters. The summed E-state index contributed by atoms with van der Waals surface area (Å²) in [5.74, 6) is -0.302.